The summed E-state index contributed by atoms with van der Waals surface area (Å²) in [5.41, 5.74) is 2.08. The van der Waals surface area contributed by atoms with Crippen LogP contribution in [-0.2, 0) is 14.3 Å². The van der Waals surface area contributed by atoms with Crippen molar-refractivity contribution in [1.29, 1.82) is 0 Å². The number of nitrogens with zero attached hydrogens (tertiary/aromatic N) is 2. The number of rotatable bonds is 4. The lowest BCUT2D eigenvalue weighted by Gasteiger charge is -2.32. The number of H-pyrrole nitrogens is 1. The van der Waals surface area contributed by atoms with Crippen molar-refractivity contribution in [2.24, 2.45) is 0 Å². The Kier molecular flexibility index (Phi) is 4.50. The molecule has 2 aromatic rings. The molecule has 0 unspecified atom stereocenters. The van der Waals surface area contributed by atoms with Gasteiger partial charge in [-0.3, -0.25) is 9.89 Å². The zero-order valence-electron chi connectivity index (χ0n) is 13.8. The molecule has 0 bridgehead atoms. The van der Waals surface area contributed by atoms with E-state index >= 15 is 0 Å². The van der Waals surface area contributed by atoms with Crippen molar-refractivity contribution in [3.05, 3.63) is 42.0 Å². The van der Waals surface area contributed by atoms with Crippen LogP contribution in [0.1, 0.15) is 24.5 Å². The molecule has 2 atom stereocenters. The molecule has 2 aliphatic rings. The average Bonchev–Trinajstić information content (AvgIpc) is 3.28. The first-order chi connectivity index (χ1) is 12.2. The molecule has 1 N–H and O–H groups in total. The monoisotopic (exact) mass is 345 g/mol. The third-order valence-corrected chi connectivity index (χ3v) is 4.74. The second-order valence-electron chi connectivity index (χ2n) is 6.44. The van der Waals surface area contributed by atoms with Gasteiger partial charge in [-0.1, -0.05) is 12.1 Å². The van der Waals surface area contributed by atoms with Crippen molar-refractivity contribution in [3.8, 4) is 11.1 Å². The van der Waals surface area contributed by atoms with Gasteiger partial charge in [-0.2, -0.15) is 5.10 Å². The van der Waals surface area contributed by atoms with Crippen molar-refractivity contribution in [2.45, 2.75) is 25.0 Å². The molecule has 1 amide bonds. The molecule has 6 nitrogen and oxygen atoms in total. The average molecular weight is 345 g/mol. The lowest BCUT2D eigenvalue weighted by molar-refractivity contribution is -0.149. The van der Waals surface area contributed by atoms with E-state index in [9.17, 15) is 9.18 Å². The molecule has 1 aromatic heterocycles. The molecule has 4 rings (SSSR count). The van der Waals surface area contributed by atoms with Gasteiger partial charge in [-0.05, 0) is 18.1 Å². The van der Waals surface area contributed by atoms with Gasteiger partial charge in [0.1, 0.15) is 11.9 Å². The topological polar surface area (TPSA) is 67.5 Å². The standard InChI is InChI=1S/C18H20FN3O3/c19-16-6-12(13-7-20-21-8-13)3-4-15(16)17-11-24-14(10-25-17)9-22-5-1-2-18(22)23/h3-4,6-8,14,17H,1-2,5,9-11H2,(H,20,21)/t14-,17-/m1/s1. The molecule has 0 aliphatic carbocycles. The number of carbonyl (C=O) groups is 1. The van der Waals surface area contributed by atoms with E-state index in [0.717, 1.165) is 24.1 Å². The van der Waals surface area contributed by atoms with Crippen molar-refractivity contribution in [1.82, 2.24) is 15.1 Å². The maximum atomic E-state index is 14.5. The van der Waals surface area contributed by atoms with Gasteiger partial charge in [-0.25, -0.2) is 4.39 Å². The van der Waals surface area contributed by atoms with Crippen LogP contribution in [0.2, 0.25) is 0 Å². The Morgan fingerprint density at radius 1 is 1.28 bits per heavy atom. The number of aromatic amines is 1. The molecule has 1 aromatic carbocycles. The number of halogens is 1. The van der Waals surface area contributed by atoms with Crippen molar-refractivity contribution >= 4 is 5.91 Å². The highest BCUT2D eigenvalue weighted by molar-refractivity contribution is 5.78. The van der Waals surface area contributed by atoms with Gasteiger partial charge in [0.25, 0.3) is 0 Å². The molecule has 2 saturated heterocycles. The normalized spacial score (nSPS) is 24.0. The fourth-order valence-electron chi connectivity index (χ4n) is 3.35. The maximum Gasteiger partial charge on any atom is 0.222 e. The molecular formula is C18H20FN3O3. The smallest absolute Gasteiger partial charge is 0.222 e. The van der Waals surface area contributed by atoms with Gasteiger partial charge in [0.2, 0.25) is 5.91 Å². The molecule has 0 spiro atoms. The Hall–Kier alpha value is -2.25. The number of aromatic nitrogens is 2. The summed E-state index contributed by atoms with van der Waals surface area (Å²) in [5.74, 6) is -0.146. The number of hydrogen-bond acceptors (Lipinski definition) is 4. The van der Waals surface area contributed by atoms with E-state index in [1.165, 1.54) is 6.07 Å². The van der Waals surface area contributed by atoms with Gasteiger partial charge >= 0.3 is 0 Å². The second kappa shape index (κ2) is 6.93. The lowest BCUT2D eigenvalue weighted by Crippen LogP contribution is -2.41. The highest BCUT2D eigenvalue weighted by Crippen LogP contribution is 2.29. The van der Waals surface area contributed by atoms with Crippen LogP contribution in [0.15, 0.2) is 30.6 Å². The van der Waals surface area contributed by atoms with Crippen LogP contribution in [0.4, 0.5) is 4.39 Å². The minimum atomic E-state index is -0.427. The number of ether oxygens (including phenoxy) is 2. The van der Waals surface area contributed by atoms with E-state index in [1.54, 1.807) is 18.5 Å². The predicted octanol–water partition coefficient (Wildman–Crippen LogP) is 2.29. The van der Waals surface area contributed by atoms with Crippen LogP contribution in [0, 0.1) is 5.82 Å². The largest absolute Gasteiger partial charge is 0.371 e. The highest BCUT2D eigenvalue weighted by Gasteiger charge is 2.29. The number of likely N-dealkylation sites (tertiary alicyclic amines) is 1. The minimum Gasteiger partial charge on any atom is -0.371 e. The van der Waals surface area contributed by atoms with Crippen molar-refractivity contribution in [2.75, 3.05) is 26.3 Å². The van der Waals surface area contributed by atoms with Crippen molar-refractivity contribution < 1.29 is 18.7 Å². The Morgan fingerprint density at radius 3 is 2.84 bits per heavy atom. The van der Waals surface area contributed by atoms with E-state index in [0.29, 0.717) is 25.1 Å². The molecule has 2 aliphatic heterocycles. The summed E-state index contributed by atoms with van der Waals surface area (Å²) in [7, 11) is 0. The molecule has 132 valence electrons. The van der Waals surface area contributed by atoms with Crippen LogP contribution in [0.5, 0.6) is 0 Å². The number of hydrogen-bond donors (Lipinski definition) is 1. The zero-order valence-corrected chi connectivity index (χ0v) is 13.8. The molecule has 0 radical (unpaired) electrons. The third kappa shape index (κ3) is 3.43. The number of amides is 1. The predicted molar refractivity (Wildman–Crippen MR) is 88.2 cm³/mol. The van der Waals surface area contributed by atoms with E-state index in [2.05, 4.69) is 10.2 Å². The van der Waals surface area contributed by atoms with E-state index < -0.39 is 6.10 Å². The first-order valence-electron chi connectivity index (χ1n) is 8.50. The first kappa shape index (κ1) is 16.2. The minimum absolute atomic E-state index is 0.147. The molecule has 25 heavy (non-hydrogen) atoms. The quantitative estimate of drug-likeness (QED) is 0.923. The van der Waals surface area contributed by atoms with Crippen LogP contribution in [-0.4, -0.2) is 53.4 Å². The Labute approximate surface area is 144 Å². The van der Waals surface area contributed by atoms with Crippen LogP contribution in [0.3, 0.4) is 0 Å². The summed E-state index contributed by atoms with van der Waals surface area (Å²) < 4.78 is 26.1. The van der Waals surface area contributed by atoms with E-state index in [-0.39, 0.29) is 24.4 Å². The summed E-state index contributed by atoms with van der Waals surface area (Å²) in [6, 6.07) is 5.07. The number of benzene rings is 1. The second-order valence-corrected chi connectivity index (χ2v) is 6.44. The maximum absolute atomic E-state index is 14.5. The first-order valence-corrected chi connectivity index (χ1v) is 8.50. The lowest BCUT2D eigenvalue weighted by atomic mass is 10.0. The van der Waals surface area contributed by atoms with Gasteiger partial charge in [0, 0.05) is 36.8 Å². The summed E-state index contributed by atoms with van der Waals surface area (Å²) in [5, 5.41) is 6.59. The number of nitrogens with one attached hydrogen (secondary N) is 1. The number of carbonyl (C=O) groups excluding carboxylic acids is 1. The zero-order chi connectivity index (χ0) is 17.2. The van der Waals surface area contributed by atoms with Gasteiger partial charge in [0.05, 0.1) is 25.5 Å². The molecule has 7 heteroatoms. The third-order valence-electron chi connectivity index (χ3n) is 4.74. The summed E-state index contributed by atoms with van der Waals surface area (Å²) >= 11 is 0. The van der Waals surface area contributed by atoms with E-state index in [1.807, 2.05) is 11.0 Å². The van der Waals surface area contributed by atoms with Gasteiger partial charge in [0.15, 0.2) is 0 Å². The SMILES string of the molecule is O=C1CCCN1C[C@@H]1CO[C@@H](c2ccc(-c3cn[nH]c3)cc2F)CO1. The summed E-state index contributed by atoms with van der Waals surface area (Å²) in [6.45, 7) is 1.98. The van der Waals surface area contributed by atoms with E-state index in [4.69, 9.17) is 9.47 Å². The molecule has 2 fully saturated rings. The Balaban J connectivity index is 1.38. The fourth-order valence-corrected chi connectivity index (χ4v) is 3.35. The molecular weight excluding hydrogens is 325 g/mol. The molecule has 3 heterocycles. The van der Waals surface area contributed by atoms with Crippen molar-refractivity contribution in [3.63, 3.8) is 0 Å². The molecule has 0 saturated carbocycles. The fraction of sp³-hybridized carbons (Fsp3) is 0.444. The van der Waals surface area contributed by atoms with Crippen LogP contribution in [0.25, 0.3) is 11.1 Å². The summed E-state index contributed by atoms with van der Waals surface area (Å²) in [4.78, 5) is 13.5. The van der Waals surface area contributed by atoms with Gasteiger partial charge in [-0.15, -0.1) is 0 Å². The Morgan fingerprint density at radius 2 is 2.20 bits per heavy atom. The van der Waals surface area contributed by atoms with Gasteiger partial charge < -0.3 is 14.4 Å². The highest BCUT2D eigenvalue weighted by atomic mass is 19.1. The van der Waals surface area contributed by atoms with Crippen LogP contribution < -0.4 is 0 Å². The summed E-state index contributed by atoms with van der Waals surface area (Å²) in [6.07, 6.45) is 4.32. The van der Waals surface area contributed by atoms with Crippen LogP contribution >= 0.6 is 0 Å². The Bertz CT molecular complexity index is 742.